The fourth-order valence-corrected chi connectivity index (χ4v) is 4.14. The number of anilines is 3. The van der Waals surface area contributed by atoms with Gasteiger partial charge in [0.2, 0.25) is 0 Å². The van der Waals surface area contributed by atoms with Crippen LogP contribution in [-0.4, -0.2) is 34.3 Å². The Balaban J connectivity index is 1.35. The molecule has 7 nitrogen and oxygen atoms in total. The molecule has 0 atom stereocenters. The molecule has 0 aliphatic rings. The molecule has 0 radical (unpaired) electrons. The van der Waals surface area contributed by atoms with E-state index in [0.717, 1.165) is 34.0 Å². The topological polar surface area (TPSA) is 88.1 Å². The second-order valence-corrected chi connectivity index (χ2v) is 8.86. The molecule has 0 saturated heterocycles. The molecule has 7 heteroatoms. The predicted molar refractivity (Wildman–Crippen MR) is 146 cm³/mol. The summed E-state index contributed by atoms with van der Waals surface area (Å²) >= 11 is 0. The van der Waals surface area contributed by atoms with Crippen LogP contribution in [0, 0.1) is 20.8 Å². The number of rotatable bonds is 9. The van der Waals surface area contributed by atoms with Gasteiger partial charge in [0.25, 0.3) is 11.7 Å². The van der Waals surface area contributed by atoms with Crippen molar-refractivity contribution in [2.75, 3.05) is 29.0 Å². The molecular formula is C29H31N5O2. The number of aromatic nitrogens is 2. The van der Waals surface area contributed by atoms with Crippen LogP contribution in [0.3, 0.4) is 0 Å². The van der Waals surface area contributed by atoms with Gasteiger partial charge in [-0.1, -0.05) is 30.3 Å². The van der Waals surface area contributed by atoms with Gasteiger partial charge in [0.15, 0.2) is 0 Å². The number of ketones is 1. The van der Waals surface area contributed by atoms with Gasteiger partial charge in [-0.3, -0.25) is 9.59 Å². The maximum Gasteiger partial charge on any atom is 0.298 e. The molecule has 0 spiro atoms. The fourth-order valence-electron chi connectivity index (χ4n) is 4.14. The third-order valence-electron chi connectivity index (χ3n) is 5.98. The smallest absolute Gasteiger partial charge is 0.298 e. The normalized spacial score (nSPS) is 10.7. The molecule has 4 aromatic rings. The van der Waals surface area contributed by atoms with E-state index in [9.17, 15) is 9.59 Å². The molecule has 2 aromatic heterocycles. The Kier molecular flexibility index (Phi) is 7.49. The van der Waals surface area contributed by atoms with Gasteiger partial charge >= 0.3 is 0 Å². The van der Waals surface area contributed by atoms with E-state index in [1.165, 1.54) is 5.56 Å². The van der Waals surface area contributed by atoms with Crippen molar-refractivity contribution in [1.82, 2.24) is 9.55 Å². The lowest BCUT2D eigenvalue weighted by Crippen LogP contribution is -2.25. The number of amides is 1. The number of pyridine rings is 1. The Morgan fingerprint density at radius 1 is 0.833 bits per heavy atom. The van der Waals surface area contributed by atoms with Crippen molar-refractivity contribution < 1.29 is 9.59 Å². The molecule has 0 aliphatic heterocycles. The minimum absolute atomic E-state index is 0.375. The van der Waals surface area contributed by atoms with Crippen molar-refractivity contribution >= 4 is 28.9 Å². The van der Waals surface area contributed by atoms with Crippen molar-refractivity contribution in [3.05, 3.63) is 95.4 Å². The minimum atomic E-state index is -0.667. The van der Waals surface area contributed by atoms with Crippen LogP contribution in [0.15, 0.2) is 72.8 Å². The molecule has 2 aromatic carbocycles. The van der Waals surface area contributed by atoms with Crippen LogP contribution in [0.4, 0.5) is 17.2 Å². The predicted octanol–water partition coefficient (Wildman–Crippen LogP) is 5.36. The van der Waals surface area contributed by atoms with Crippen molar-refractivity contribution in [1.29, 1.82) is 0 Å². The number of hydrogen-bond acceptors (Lipinski definition) is 5. The number of carbonyl (C=O) groups excluding carboxylic acids is 2. The standard InChI is InChI=1S/C29H31N5O2/c1-19-16-20(2)32-26(17-19)31-15-14-30-23-10-12-24(13-11-23)33-29(36)28(35)27-25(18-21(3)34(27)4)22-8-6-5-7-9-22/h5-13,16-18,30H,14-15H2,1-4H3,(H,31,32)(H,33,36). The molecule has 0 aliphatic carbocycles. The first-order valence-corrected chi connectivity index (χ1v) is 11.9. The molecular weight excluding hydrogens is 450 g/mol. The van der Waals surface area contributed by atoms with Crippen molar-refractivity contribution in [3.8, 4) is 11.1 Å². The van der Waals surface area contributed by atoms with Crippen molar-refractivity contribution in [3.63, 3.8) is 0 Å². The molecule has 2 heterocycles. The average Bonchev–Trinajstić information content (AvgIpc) is 3.16. The Hall–Kier alpha value is -4.39. The van der Waals surface area contributed by atoms with E-state index in [4.69, 9.17) is 0 Å². The van der Waals surface area contributed by atoms with E-state index in [0.29, 0.717) is 24.5 Å². The quantitative estimate of drug-likeness (QED) is 0.170. The maximum absolute atomic E-state index is 13.1. The summed E-state index contributed by atoms with van der Waals surface area (Å²) in [6, 6.07) is 22.9. The van der Waals surface area contributed by atoms with Crippen molar-refractivity contribution in [2.24, 2.45) is 7.05 Å². The summed E-state index contributed by atoms with van der Waals surface area (Å²) in [5, 5.41) is 9.38. The summed E-state index contributed by atoms with van der Waals surface area (Å²) in [6.07, 6.45) is 0. The van der Waals surface area contributed by atoms with Crippen LogP contribution in [0.2, 0.25) is 0 Å². The maximum atomic E-state index is 13.1. The lowest BCUT2D eigenvalue weighted by Gasteiger charge is -2.11. The molecule has 4 rings (SSSR count). The summed E-state index contributed by atoms with van der Waals surface area (Å²) in [6.45, 7) is 7.36. The average molecular weight is 482 g/mol. The highest BCUT2D eigenvalue weighted by Gasteiger charge is 2.25. The van der Waals surface area contributed by atoms with Gasteiger partial charge in [0.1, 0.15) is 11.5 Å². The molecule has 184 valence electrons. The molecule has 3 N–H and O–H groups in total. The number of carbonyl (C=O) groups is 2. The zero-order chi connectivity index (χ0) is 25.7. The first kappa shape index (κ1) is 24.7. The van der Waals surface area contributed by atoms with Gasteiger partial charge in [-0.25, -0.2) is 4.98 Å². The van der Waals surface area contributed by atoms with Gasteiger partial charge in [-0.15, -0.1) is 0 Å². The molecule has 0 bridgehead atoms. The second-order valence-electron chi connectivity index (χ2n) is 8.86. The highest BCUT2D eigenvalue weighted by molar-refractivity contribution is 6.47. The molecule has 0 saturated carbocycles. The fraction of sp³-hybridized carbons (Fsp3) is 0.207. The van der Waals surface area contributed by atoms with E-state index in [1.807, 2.05) is 74.5 Å². The monoisotopic (exact) mass is 481 g/mol. The lowest BCUT2D eigenvalue weighted by atomic mass is 10.0. The number of nitrogens with zero attached hydrogens (tertiary/aromatic N) is 2. The summed E-state index contributed by atoms with van der Waals surface area (Å²) in [5.41, 5.74) is 6.56. The van der Waals surface area contributed by atoms with Gasteiger partial charge in [-0.2, -0.15) is 0 Å². The Morgan fingerprint density at radius 3 is 2.19 bits per heavy atom. The number of Topliss-reactive ketones (excluding diaryl/α,β-unsaturated/α-hetero) is 1. The van der Waals surface area contributed by atoms with E-state index < -0.39 is 11.7 Å². The SMILES string of the molecule is Cc1cc(C)nc(NCCNc2ccc(NC(=O)C(=O)c3c(-c4ccccc4)cc(C)n3C)cc2)c1. The van der Waals surface area contributed by atoms with E-state index in [-0.39, 0.29) is 0 Å². The third-order valence-corrected chi connectivity index (χ3v) is 5.98. The van der Waals surface area contributed by atoms with Crippen molar-refractivity contribution in [2.45, 2.75) is 20.8 Å². The van der Waals surface area contributed by atoms with Gasteiger partial charge < -0.3 is 20.5 Å². The largest absolute Gasteiger partial charge is 0.383 e. The van der Waals surface area contributed by atoms with E-state index in [1.54, 1.807) is 23.7 Å². The Bertz CT molecular complexity index is 1350. The number of nitrogens with one attached hydrogen (secondary N) is 3. The number of aryl methyl sites for hydroxylation is 3. The van der Waals surface area contributed by atoms with Crippen LogP contribution < -0.4 is 16.0 Å². The molecule has 36 heavy (non-hydrogen) atoms. The lowest BCUT2D eigenvalue weighted by molar-refractivity contribution is -0.112. The van der Waals surface area contributed by atoms with Gasteiger partial charge in [0, 0.05) is 48.5 Å². The first-order valence-electron chi connectivity index (χ1n) is 11.9. The minimum Gasteiger partial charge on any atom is -0.383 e. The third kappa shape index (κ3) is 5.81. The van der Waals surface area contributed by atoms with Crippen LogP contribution in [-0.2, 0) is 11.8 Å². The van der Waals surface area contributed by atoms with Crippen LogP contribution >= 0.6 is 0 Å². The molecule has 0 fully saturated rings. The summed E-state index contributed by atoms with van der Waals surface area (Å²) in [5.74, 6) is -0.377. The van der Waals surface area contributed by atoms with Crippen LogP contribution in [0.25, 0.3) is 11.1 Å². The molecule has 1 amide bonds. The summed E-state index contributed by atoms with van der Waals surface area (Å²) in [7, 11) is 1.80. The Labute approximate surface area is 211 Å². The van der Waals surface area contributed by atoms with Gasteiger partial charge in [0.05, 0.1) is 0 Å². The van der Waals surface area contributed by atoms with Crippen LogP contribution in [0.5, 0.6) is 0 Å². The number of benzene rings is 2. The van der Waals surface area contributed by atoms with Crippen LogP contribution in [0.1, 0.15) is 27.4 Å². The molecule has 0 unspecified atom stereocenters. The summed E-state index contributed by atoms with van der Waals surface area (Å²) < 4.78 is 1.76. The highest BCUT2D eigenvalue weighted by atomic mass is 16.2. The highest BCUT2D eigenvalue weighted by Crippen LogP contribution is 2.27. The number of hydrogen-bond donors (Lipinski definition) is 3. The first-order chi connectivity index (χ1) is 17.3. The van der Waals surface area contributed by atoms with E-state index in [2.05, 4.69) is 27.9 Å². The van der Waals surface area contributed by atoms with E-state index >= 15 is 0 Å². The van der Waals surface area contributed by atoms with Gasteiger partial charge in [-0.05, 0) is 74.4 Å². The zero-order valence-electron chi connectivity index (χ0n) is 21.1. The second kappa shape index (κ2) is 10.9. The zero-order valence-corrected chi connectivity index (χ0v) is 21.1. The Morgan fingerprint density at radius 2 is 1.50 bits per heavy atom. The summed E-state index contributed by atoms with van der Waals surface area (Å²) in [4.78, 5) is 30.4.